The maximum absolute atomic E-state index is 12.6. The maximum Gasteiger partial charge on any atom is 0.272 e. The zero-order valence-corrected chi connectivity index (χ0v) is 14.7. The number of benzene rings is 2. The Kier molecular flexibility index (Phi) is 3.81. The number of rotatable bonds is 5. The lowest BCUT2D eigenvalue weighted by atomic mass is 10.2. The van der Waals surface area contributed by atoms with Gasteiger partial charge in [-0.3, -0.25) is 4.79 Å². The summed E-state index contributed by atoms with van der Waals surface area (Å²) in [5.41, 5.74) is 3.49. The normalized spacial score (nSPS) is 15.0. The Morgan fingerprint density at radius 2 is 1.89 bits per heavy atom. The Bertz CT molecular complexity index is 993. The van der Waals surface area contributed by atoms with Gasteiger partial charge in [0.05, 0.1) is 5.69 Å². The van der Waals surface area contributed by atoms with Crippen LogP contribution in [0.15, 0.2) is 54.6 Å². The first kappa shape index (κ1) is 15.9. The number of para-hydroxylation sites is 1. The van der Waals surface area contributed by atoms with E-state index >= 15 is 0 Å². The van der Waals surface area contributed by atoms with Gasteiger partial charge in [-0.05, 0) is 48.7 Å². The molecule has 0 spiro atoms. The van der Waals surface area contributed by atoms with Crippen molar-refractivity contribution >= 4 is 5.91 Å². The lowest BCUT2D eigenvalue weighted by molar-refractivity contribution is 0.0945. The quantitative estimate of drug-likeness (QED) is 0.756. The third kappa shape index (κ3) is 3.14. The van der Waals surface area contributed by atoms with Gasteiger partial charge in [0.1, 0.15) is 0 Å². The molecule has 2 heterocycles. The average molecular weight is 361 g/mol. The van der Waals surface area contributed by atoms with Crippen molar-refractivity contribution in [2.75, 3.05) is 6.79 Å². The third-order valence-electron chi connectivity index (χ3n) is 4.86. The molecule has 2 aliphatic rings. The molecule has 0 atom stereocenters. The first-order chi connectivity index (χ1) is 13.3. The molecule has 2 aromatic carbocycles. The fraction of sp³-hybridized carbons (Fsp3) is 0.238. The van der Waals surface area contributed by atoms with E-state index < -0.39 is 0 Å². The molecule has 1 aliphatic carbocycles. The Morgan fingerprint density at radius 1 is 1.07 bits per heavy atom. The third-order valence-corrected chi connectivity index (χ3v) is 4.86. The van der Waals surface area contributed by atoms with Crippen LogP contribution in [0.4, 0.5) is 0 Å². The van der Waals surface area contributed by atoms with Crippen LogP contribution in [0.2, 0.25) is 0 Å². The summed E-state index contributed by atoms with van der Waals surface area (Å²) in [7, 11) is 0. The fourth-order valence-electron chi connectivity index (χ4n) is 3.28. The predicted molar refractivity (Wildman–Crippen MR) is 99.3 cm³/mol. The van der Waals surface area contributed by atoms with Gasteiger partial charge in [0.25, 0.3) is 5.91 Å². The summed E-state index contributed by atoms with van der Waals surface area (Å²) < 4.78 is 12.6. The molecule has 1 saturated carbocycles. The van der Waals surface area contributed by atoms with E-state index in [1.54, 1.807) is 0 Å². The van der Waals surface area contributed by atoms with Crippen molar-refractivity contribution in [2.24, 2.45) is 0 Å². The van der Waals surface area contributed by atoms with Gasteiger partial charge in [-0.25, -0.2) is 4.68 Å². The average Bonchev–Trinajstić information content (AvgIpc) is 3.28. The van der Waals surface area contributed by atoms with Gasteiger partial charge in [-0.15, -0.1) is 0 Å². The van der Waals surface area contributed by atoms with Crippen molar-refractivity contribution in [3.8, 4) is 17.2 Å². The van der Waals surface area contributed by atoms with Crippen molar-refractivity contribution in [3.63, 3.8) is 0 Å². The van der Waals surface area contributed by atoms with Crippen molar-refractivity contribution in [3.05, 3.63) is 71.5 Å². The van der Waals surface area contributed by atoms with Gasteiger partial charge in [-0.1, -0.05) is 24.3 Å². The van der Waals surface area contributed by atoms with Gasteiger partial charge in [0.15, 0.2) is 17.2 Å². The van der Waals surface area contributed by atoms with Crippen LogP contribution >= 0.6 is 0 Å². The van der Waals surface area contributed by atoms with Crippen molar-refractivity contribution in [1.82, 2.24) is 15.1 Å². The molecule has 1 aliphatic heterocycles. The number of fused-ring (bicyclic) bond motifs is 1. The smallest absolute Gasteiger partial charge is 0.272 e. The zero-order valence-electron chi connectivity index (χ0n) is 14.7. The Hall–Kier alpha value is -3.28. The molecule has 27 heavy (non-hydrogen) atoms. The summed E-state index contributed by atoms with van der Waals surface area (Å²) in [4.78, 5) is 12.6. The molecule has 1 N–H and O–H groups in total. The Morgan fingerprint density at radius 3 is 2.70 bits per heavy atom. The number of nitrogens with one attached hydrogen (secondary N) is 1. The lowest BCUT2D eigenvalue weighted by Gasteiger charge is -2.06. The number of nitrogens with zero attached hydrogens (tertiary/aromatic N) is 2. The van der Waals surface area contributed by atoms with Crippen molar-refractivity contribution in [1.29, 1.82) is 0 Å². The highest BCUT2D eigenvalue weighted by Crippen LogP contribution is 2.41. The summed E-state index contributed by atoms with van der Waals surface area (Å²) >= 11 is 0. The second-order valence-corrected chi connectivity index (χ2v) is 6.85. The monoisotopic (exact) mass is 361 g/mol. The van der Waals surface area contributed by atoms with Crippen LogP contribution in [0.5, 0.6) is 11.5 Å². The molecule has 0 saturated heterocycles. The van der Waals surface area contributed by atoms with Gasteiger partial charge in [0, 0.05) is 18.2 Å². The number of carbonyl (C=O) groups is 1. The first-order valence-corrected chi connectivity index (χ1v) is 9.10. The summed E-state index contributed by atoms with van der Waals surface area (Å²) in [6.07, 6.45) is 2.30. The minimum atomic E-state index is -0.177. The second kappa shape index (κ2) is 6.46. The molecule has 6 heteroatoms. The molecule has 0 unspecified atom stereocenters. The zero-order chi connectivity index (χ0) is 18.2. The van der Waals surface area contributed by atoms with Gasteiger partial charge in [-0.2, -0.15) is 5.10 Å². The van der Waals surface area contributed by atoms with E-state index in [0.717, 1.165) is 35.5 Å². The van der Waals surface area contributed by atoms with E-state index in [1.165, 1.54) is 0 Å². The van der Waals surface area contributed by atoms with Crippen LogP contribution in [0.3, 0.4) is 0 Å². The molecule has 6 nitrogen and oxygen atoms in total. The summed E-state index contributed by atoms with van der Waals surface area (Å²) in [6, 6.07) is 17.5. The highest BCUT2D eigenvalue weighted by Gasteiger charge is 2.29. The molecule has 0 bridgehead atoms. The van der Waals surface area contributed by atoms with E-state index in [4.69, 9.17) is 9.47 Å². The van der Waals surface area contributed by atoms with E-state index in [0.29, 0.717) is 23.9 Å². The molecule has 5 rings (SSSR count). The second-order valence-electron chi connectivity index (χ2n) is 6.85. The topological polar surface area (TPSA) is 65.4 Å². The van der Waals surface area contributed by atoms with Gasteiger partial charge < -0.3 is 14.8 Å². The summed E-state index contributed by atoms with van der Waals surface area (Å²) in [5.74, 6) is 1.77. The highest BCUT2D eigenvalue weighted by molar-refractivity contribution is 5.92. The molecular weight excluding hydrogens is 342 g/mol. The van der Waals surface area contributed by atoms with Crippen LogP contribution in [-0.4, -0.2) is 22.5 Å². The molecule has 136 valence electrons. The summed E-state index contributed by atoms with van der Waals surface area (Å²) in [6.45, 7) is 0.651. The first-order valence-electron chi connectivity index (χ1n) is 9.10. The summed E-state index contributed by atoms with van der Waals surface area (Å²) in [5, 5.41) is 7.52. The van der Waals surface area contributed by atoms with Crippen LogP contribution in [-0.2, 0) is 6.54 Å². The molecule has 3 aromatic rings. The SMILES string of the molecule is O=C(NCc1ccc2c(c1)OCO2)c1cc(C2CC2)n(-c2ccccc2)n1. The maximum atomic E-state index is 12.6. The lowest BCUT2D eigenvalue weighted by Crippen LogP contribution is -2.23. The molecule has 1 aromatic heterocycles. The van der Waals surface area contributed by atoms with E-state index in [-0.39, 0.29) is 12.7 Å². The number of carbonyl (C=O) groups excluding carboxylic acids is 1. The van der Waals surface area contributed by atoms with Gasteiger partial charge >= 0.3 is 0 Å². The molecule has 1 fully saturated rings. The van der Waals surface area contributed by atoms with Crippen LogP contribution < -0.4 is 14.8 Å². The largest absolute Gasteiger partial charge is 0.454 e. The Balaban J connectivity index is 1.34. The van der Waals surface area contributed by atoms with E-state index in [1.807, 2.05) is 59.3 Å². The van der Waals surface area contributed by atoms with Crippen LogP contribution in [0.25, 0.3) is 5.69 Å². The van der Waals surface area contributed by atoms with Crippen LogP contribution in [0, 0.1) is 0 Å². The number of ether oxygens (including phenoxy) is 2. The number of amides is 1. The molecular formula is C21H19N3O3. The fourth-order valence-corrected chi connectivity index (χ4v) is 3.28. The predicted octanol–water partition coefficient (Wildman–Crippen LogP) is 3.41. The van der Waals surface area contributed by atoms with Gasteiger partial charge in [0.2, 0.25) is 6.79 Å². The molecule has 0 radical (unpaired) electrons. The van der Waals surface area contributed by atoms with Crippen LogP contribution in [0.1, 0.15) is 40.5 Å². The number of hydrogen-bond acceptors (Lipinski definition) is 4. The minimum absolute atomic E-state index is 0.177. The number of aromatic nitrogens is 2. The highest BCUT2D eigenvalue weighted by atomic mass is 16.7. The van der Waals surface area contributed by atoms with E-state index in [2.05, 4.69) is 10.4 Å². The Labute approximate surface area is 156 Å². The van der Waals surface area contributed by atoms with Crippen molar-refractivity contribution in [2.45, 2.75) is 25.3 Å². The minimum Gasteiger partial charge on any atom is -0.454 e. The standard InChI is InChI=1S/C21H19N3O3/c25-21(22-12-14-6-9-19-20(10-14)27-13-26-19)17-11-18(15-7-8-15)24(23-17)16-4-2-1-3-5-16/h1-6,9-11,15H,7-8,12-13H2,(H,22,25). The molecule has 1 amide bonds. The van der Waals surface area contributed by atoms with Crippen molar-refractivity contribution < 1.29 is 14.3 Å². The number of hydrogen-bond donors (Lipinski definition) is 1. The van der Waals surface area contributed by atoms with E-state index in [9.17, 15) is 4.79 Å².